The zero-order chi connectivity index (χ0) is 21.4. The number of amides is 1. The quantitative estimate of drug-likeness (QED) is 0.723. The second kappa shape index (κ2) is 7.95. The Morgan fingerprint density at radius 2 is 1.97 bits per heavy atom. The molecule has 2 aliphatic rings. The summed E-state index contributed by atoms with van der Waals surface area (Å²) in [7, 11) is -3.96. The topological polar surface area (TPSA) is 105 Å². The first-order valence-electron chi connectivity index (χ1n) is 9.41. The number of hydrogen-bond acceptors (Lipinski definition) is 6. The molecule has 10 heteroatoms. The molecule has 0 saturated carbocycles. The van der Waals surface area contributed by atoms with Crippen LogP contribution in [0, 0.1) is 0 Å². The second-order valence-corrected chi connectivity index (χ2v) is 10.1. The summed E-state index contributed by atoms with van der Waals surface area (Å²) < 4.78 is 34.3. The summed E-state index contributed by atoms with van der Waals surface area (Å²) >= 11 is 6.28. The Hall–Kier alpha value is -2.13. The standard InChI is InChI=1S/C19H24ClN3O5S/c1-19(2,3)21-17(24)11-28-18(25)12-9-15-14(10-13(12)20)23-8-6-4-5-7-16(23)22-29(15,26)27/h9-10H,4-8,11H2,1-3H3,(H,21,24). The van der Waals surface area contributed by atoms with Crippen LogP contribution in [0.1, 0.15) is 56.8 Å². The first-order valence-corrected chi connectivity index (χ1v) is 11.2. The van der Waals surface area contributed by atoms with Gasteiger partial charge in [0.05, 0.1) is 16.3 Å². The summed E-state index contributed by atoms with van der Waals surface area (Å²) in [6, 6.07) is 2.64. The van der Waals surface area contributed by atoms with Crippen molar-refractivity contribution in [2.24, 2.45) is 4.40 Å². The minimum atomic E-state index is -3.96. The van der Waals surface area contributed by atoms with Crippen LogP contribution >= 0.6 is 11.6 Å². The highest BCUT2D eigenvalue weighted by Gasteiger charge is 2.33. The normalized spacial score (nSPS) is 18.1. The highest BCUT2D eigenvalue weighted by atomic mass is 35.5. The van der Waals surface area contributed by atoms with E-state index >= 15 is 0 Å². The van der Waals surface area contributed by atoms with Crippen LogP contribution in [0.15, 0.2) is 21.4 Å². The van der Waals surface area contributed by atoms with E-state index in [1.807, 2.05) is 4.90 Å². The summed E-state index contributed by atoms with van der Waals surface area (Å²) in [5.74, 6) is -0.839. The molecule has 0 bridgehead atoms. The molecule has 158 valence electrons. The van der Waals surface area contributed by atoms with Gasteiger partial charge < -0.3 is 15.0 Å². The maximum Gasteiger partial charge on any atom is 0.340 e. The van der Waals surface area contributed by atoms with E-state index in [-0.39, 0.29) is 15.5 Å². The summed E-state index contributed by atoms with van der Waals surface area (Å²) in [6.45, 7) is 5.54. The fourth-order valence-corrected chi connectivity index (χ4v) is 4.82. The van der Waals surface area contributed by atoms with Crippen molar-refractivity contribution < 1.29 is 22.7 Å². The zero-order valence-corrected chi connectivity index (χ0v) is 18.2. The molecule has 0 spiro atoms. The number of nitrogens with zero attached hydrogens (tertiary/aromatic N) is 2. The minimum Gasteiger partial charge on any atom is -0.452 e. The van der Waals surface area contributed by atoms with Crippen LogP contribution in [-0.2, 0) is 19.6 Å². The maximum atomic E-state index is 12.7. The third-order valence-corrected chi connectivity index (χ3v) is 6.15. The molecule has 0 aliphatic carbocycles. The molecular formula is C19H24ClN3O5S. The molecule has 1 fully saturated rings. The lowest BCUT2D eigenvalue weighted by atomic mass is 10.1. The van der Waals surface area contributed by atoms with Crippen molar-refractivity contribution in [2.45, 2.75) is 56.9 Å². The lowest BCUT2D eigenvalue weighted by Crippen LogP contribution is -2.42. The van der Waals surface area contributed by atoms with Crippen molar-refractivity contribution in [3.05, 3.63) is 22.7 Å². The molecule has 1 aromatic carbocycles. The number of carbonyl (C=O) groups is 2. The fraction of sp³-hybridized carbons (Fsp3) is 0.526. The number of anilines is 1. The monoisotopic (exact) mass is 441 g/mol. The van der Waals surface area contributed by atoms with Crippen molar-refractivity contribution in [3.63, 3.8) is 0 Å². The Balaban J connectivity index is 1.87. The van der Waals surface area contributed by atoms with Gasteiger partial charge in [0.1, 0.15) is 10.7 Å². The molecule has 0 radical (unpaired) electrons. The number of carbonyl (C=O) groups excluding carboxylic acids is 2. The SMILES string of the molecule is CC(C)(C)NC(=O)COC(=O)c1cc2c(cc1Cl)N1CCCCCC1=NS2(=O)=O. The molecule has 8 nitrogen and oxygen atoms in total. The number of benzene rings is 1. The number of fused-ring (bicyclic) bond motifs is 3. The third kappa shape index (κ3) is 4.90. The fourth-order valence-electron chi connectivity index (χ4n) is 3.32. The van der Waals surface area contributed by atoms with E-state index in [2.05, 4.69) is 9.71 Å². The molecule has 2 heterocycles. The largest absolute Gasteiger partial charge is 0.452 e. The van der Waals surface area contributed by atoms with Gasteiger partial charge in [0.2, 0.25) is 0 Å². The lowest BCUT2D eigenvalue weighted by Gasteiger charge is -2.30. The Bertz CT molecular complexity index is 982. The second-order valence-electron chi connectivity index (χ2n) is 8.12. The van der Waals surface area contributed by atoms with Crippen LogP contribution in [0.5, 0.6) is 0 Å². The van der Waals surface area contributed by atoms with E-state index in [1.165, 1.54) is 12.1 Å². The Labute approximate surface area is 175 Å². The number of hydrogen-bond donors (Lipinski definition) is 1. The van der Waals surface area contributed by atoms with Gasteiger partial charge >= 0.3 is 5.97 Å². The first kappa shape index (κ1) is 21.6. The maximum absolute atomic E-state index is 12.7. The van der Waals surface area contributed by atoms with Gasteiger partial charge in [0, 0.05) is 18.5 Å². The van der Waals surface area contributed by atoms with Crippen molar-refractivity contribution in [2.75, 3.05) is 18.1 Å². The number of esters is 1. The predicted molar refractivity (Wildman–Crippen MR) is 110 cm³/mol. The highest BCUT2D eigenvalue weighted by Crippen LogP contribution is 2.38. The van der Waals surface area contributed by atoms with Crippen molar-refractivity contribution in [1.29, 1.82) is 0 Å². The van der Waals surface area contributed by atoms with Gasteiger partial charge in [0.25, 0.3) is 15.9 Å². The molecule has 1 amide bonds. The molecule has 0 unspecified atom stereocenters. The van der Waals surface area contributed by atoms with Crippen molar-refractivity contribution >= 4 is 45.0 Å². The van der Waals surface area contributed by atoms with Crippen LogP contribution in [0.25, 0.3) is 0 Å². The summed E-state index contributed by atoms with van der Waals surface area (Å²) in [4.78, 5) is 26.1. The summed E-state index contributed by atoms with van der Waals surface area (Å²) in [6.07, 6.45) is 3.33. The van der Waals surface area contributed by atoms with Crippen LogP contribution in [-0.4, -0.2) is 44.8 Å². The Morgan fingerprint density at radius 1 is 1.24 bits per heavy atom. The lowest BCUT2D eigenvalue weighted by molar-refractivity contribution is -0.125. The van der Waals surface area contributed by atoms with E-state index in [1.54, 1.807) is 20.8 Å². The smallest absolute Gasteiger partial charge is 0.340 e. The average Bonchev–Trinajstić information content (AvgIpc) is 2.82. The molecule has 3 rings (SSSR count). The number of amidine groups is 1. The number of sulfonamides is 1. The van der Waals surface area contributed by atoms with Crippen LogP contribution in [0.3, 0.4) is 0 Å². The molecule has 1 aromatic rings. The van der Waals surface area contributed by atoms with E-state index in [0.717, 1.165) is 19.3 Å². The molecule has 1 N–H and O–H groups in total. The van der Waals surface area contributed by atoms with E-state index in [0.29, 0.717) is 24.5 Å². The van der Waals surface area contributed by atoms with Gasteiger partial charge in [-0.05, 0) is 45.7 Å². The van der Waals surface area contributed by atoms with Crippen LogP contribution in [0.4, 0.5) is 5.69 Å². The Morgan fingerprint density at radius 3 is 2.66 bits per heavy atom. The minimum absolute atomic E-state index is 0.0608. The van der Waals surface area contributed by atoms with Crippen LogP contribution in [0.2, 0.25) is 5.02 Å². The van der Waals surface area contributed by atoms with Gasteiger partial charge in [-0.15, -0.1) is 4.40 Å². The van der Waals surface area contributed by atoms with E-state index in [4.69, 9.17) is 16.3 Å². The van der Waals surface area contributed by atoms with Crippen molar-refractivity contribution in [1.82, 2.24) is 5.32 Å². The molecule has 0 atom stereocenters. The van der Waals surface area contributed by atoms with Gasteiger partial charge in [0.15, 0.2) is 6.61 Å². The number of halogens is 1. The van der Waals surface area contributed by atoms with Gasteiger partial charge in [-0.25, -0.2) is 4.79 Å². The zero-order valence-electron chi connectivity index (χ0n) is 16.6. The number of nitrogens with one attached hydrogen (secondary N) is 1. The summed E-state index contributed by atoms with van der Waals surface area (Å²) in [5, 5.41) is 2.73. The number of rotatable bonds is 3. The summed E-state index contributed by atoms with van der Waals surface area (Å²) in [5.41, 5.74) is -0.167. The molecule has 2 aliphatic heterocycles. The van der Waals surface area contributed by atoms with Crippen LogP contribution < -0.4 is 10.2 Å². The first-order chi connectivity index (χ1) is 13.5. The molecule has 0 aromatic heterocycles. The Kier molecular flexibility index (Phi) is 5.91. The predicted octanol–water partition coefficient (Wildman–Crippen LogP) is 2.89. The van der Waals surface area contributed by atoms with Gasteiger partial charge in [-0.1, -0.05) is 18.0 Å². The van der Waals surface area contributed by atoms with E-state index < -0.39 is 34.0 Å². The van der Waals surface area contributed by atoms with E-state index in [9.17, 15) is 18.0 Å². The van der Waals surface area contributed by atoms with Crippen molar-refractivity contribution in [3.8, 4) is 0 Å². The highest BCUT2D eigenvalue weighted by molar-refractivity contribution is 7.90. The van der Waals surface area contributed by atoms with Gasteiger partial charge in [-0.3, -0.25) is 4.79 Å². The average molecular weight is 442 g/mol. The molecular weight excluding hydrogens is 418 g/mol. The molecule has 29 heavy (non-hydrogen) atoms. The number of ether oxygens (including phenoxy) is 1. The third-order valence-electron chi connectivity index (χ3n) is 4.51. The van der Waals surface area contributed by atoms with Gasteiger partial charge in [-0.2, -0.15) is 8.42 Å². The molecule has 1 saturated heterocycles.